The Morgan fingerprint density at radius 3 is 2.89 bits per heavy atom. The molecule has 1 fully saturated rings. The first kappa shape index (κ1) is 14.3. The molecule has 1 saturated heterocycles. The second-order valence-electron chi connectivity index (χ2n) is 5.86. The zero-order chi connectivity index (χ0) is 13.8. The van der Waals surface area contributed by atoms with Crippen LogP contribution >= 0.6 is 0 Å². The van der Waals surface area contributed by atoms with E-state index in [0.717, 1.165) is 36.7 Å². The first-order chi connectivity index (χ1) is 9.10. The molecule has 2 N–H and O–H groups in total. The number of nitrogens with two attached hydrogens (primary N) is 1. The van der Waals surface area contributed by atoms with E-state index in [4.69, 9.17) is 5.73 Å². The average Bonchev–Trinajstić information content (AvgIpc) is 2.77. The van der Waals surface area contributed by atoms with E-state index >= 15 is 0 Å². The first-order valence-corrected chi connectivity index (χ1v) is 7.39. The van der Waals surface area contributed by atoms with E-state index in [0.29, 0.717) is 0 Å². The van der Waals surface area contributed by atoms with Gasteiger partial charge < -0.3 is 10.6 Å². The van der Waals surface area contributed by atoms with Crippen LogP contribution in [0.4, 0.5) is 10.1 Å². The quantitative estimate of drug-likeness (QED) is 0.883. The van der Waals surface area contributed by atoms with Crippen LogP contribution in [0.3, 0.4) is 0 Å². The van der Waals surface area contributed by atoms with Crippen molar-refractivity contribution < 1.29 is 4.39 Å². The molecule has 2 rings (SSSR count). The van der Waals surface area contributed by atoms with Gasteiger partial charge in [0.25, 0.3) is 0 Å². The molecule has 3 heteroatoms. The number of rotatable bonds is 5. The monoisotopic (exact) mass is 264 g/mol. The van der Waals surface area contributed by atoms with Crippen molar-refractivity contribution >= 4 is 5.69 Å². The largest absolute Gasteiger partial charge is 0.369 e. The Hall–Kier alpha value is -1.09. The van der Waals surface area contributed by atoms with Gasteiger partial charge in [-0.1, -0.05) is 19.4 Å². The maximum atomic E-state index is 14.2. The molecule has 0 aliphatic carbocycles. The van der Waals surface area contributed by atoms with Crippen molar-refractivity contribution in [2.24, 2.45) is 11.7 Å². The molecule has 1 aliphatic rings. The van der Waals surface area contributed by atoms with E-state index in [1.807, 2.05) is 19.1 Å². The predicted octanol–water partition coefficient (Wildman–Crippen LogP) is 3.34. The van der Waals surface area contributed by atoms with E-state index in [1.54, 1.807) is 6.07 Å². The van der Waals surface area contributed by atoms with Gasteiger partial charge in [0.15, 0.2) is 0 Å². The van der Waals surface area contributed by atoms with Crippen molar-refractivity contribution in [1.29, 1.82) is 0 Å². The van der Waals surface area contributed by atoms with Gasteiger partial charge >= 0.3 is 0 Å². The van der Waals surface area contributed by atoms with Gasteiger partial charge in [-0.15, -0.1) is 0 Å². The van der Waals surface area contributed by atoms with Crippen LogP contribution < -0.4 is 10.6 Å². The molecule has 1 aromatic carbocycles. The highest BCUT2D eigenvalue weighted by Gasteiger charge is 2.23. The minimum absolute atomic E-state index is 0.0750. The van der Waals surface area contributed by atoms with Crippen molar-refractivity contribution in [3.63, 3.8) is 0 Å². The number of nitrogens with zero attached hydrogens (tertiary/aromatic N) is 1. The van der Waals surface area contributed by atoms with E-state index < -0.39 is 0 Å². The third-order valence-corrected chi connectivity index (χ3v) is 3.89. The maximum Gasteiger partial charge on any atom is 0.146 e. The van der Waals surface area contributed by atoms with Gasteiger partial charge in [-0.2, -0.15) is 0 Å². The number of anilines is 1. The SMILES string of the molecule is CCCC1CCN(c2ccc(CC(C)N)cc2F)C1. The average molecular weight is 264 g/mol. The summed E-state index contributed by atoms with van der Waals surface area (Å²) in [7, 11) is 0. The van der Waals surface area contributed by atoms with Crippen molar-refractivity contribution in [3.05, 3.63) is 29.6 Å². The van der Waals surface area contributed by atoms with Gasteiger partial charge in [-0.05, 0) is 49.8 Å². The first-order valence-electron chi connectivity index (χ1n) is 7.39. The van der Waals surface area contributed by atoms with Crippen LogP contribution in [0.15, 0.2) is 18.2 Å². The van der Waals surface area contributed by atoms with Crippen molar-refractivity contribution in [1.82, 2.24) is 0 Å². The highest BCUT2D eigenvalue weighted by atomic mass is 19.1. The summed E-state index contributed by atoms with van der Waals surface area (Å²) in [5.41, 5.74) is 7.50. The maximum absolute atomic E-state index is 14.2. The van der Waals surface area contributed by atoms with Gasteiger partial charge in [0.2, 0.25) is 0 Å². The van der Waals surface area contributed by atoms with E-state index in [2.05, 4.69) is 11.8 Å². The van der Waals surface area contributed by atoms with Gasteiger partial charge in [0, 0.05) is 19.1 Å². The Morgan fingerprint density at radius 1 is 1.47 bits per heavy atom. The van der Waals surface area contributed by atoms with Crippen LogP contribution in [-0.2, 0) is 6.42 Å². The van der Waals surface area contributed by atoms with E-state index in [-0.39, 0.29) is 11.9 Å². The standard InChI is InChI=1S/C16H25FN2/c1-3-4-13-7-8-19(11-13)16-6-5-14(9-12(2)18)10-15(16)17/h5-6,10,12-13H,3-4,7-9,11,18H2,1-2H3. The lowest BCUT2D eigenvalue weighted by molar-refractivity contribution is 0.529. The molecule has 0 saturated carbocycles. The lowest BCUT2D eigenvalue weighted by Crippen LogP contribution is -2.21. The Balaban J connectivity index is 2.05. The number of hydrogen-bond donors (Lipinski definition) is 1. The molecule has 0 spiro atoms. The summed E-state index contributed by atoms with van der Waals surface area (Å²) in [6.07, 6.45) is 4.39. The molecule has 106 valence electrons. The fraction of sp³-hybridized carbons (Fsp3) is 0.625. The van der Waals surface area contributed by atoms with Gasteiger partial charge in [0.05, 0.1) is 5.69 Å². The van der Waals surface area contributed by atoms with Crippen LogP contribution in [0.1, 0.15) is 38.7 Å². The Kier molecular flexibility index (Phi) is 4.81. The second-order valence-corrected chi connectivity index (χ2v) is 5.86. The summed E-state index contributed by atoms with van der Waals surface area (Å²) in [5.74, 6) is 0.628. The molecule has 2 nitrogen and oxygen atoms in total. The molecular weight excluding hydrogens is 239 g/mol. The second kappa shape index (κ2) is 6.38. The Labute approximate surface area is 115 Å². The topological polar surface area (TPSA) is 29.3 Å². The van der Waals surface area contributed by atoms with E-state index in [1.165, 1.54) is 19.3 Å². The highest BCUT2D eigenvalue weighted by molar-refractivity contribution is 5.50. The lowest BCUT2D eigenvalue weighted by Gasteiger charge is -2.20. The Bertz CT molecular complexity index is 417. The molecule has 1 aliphatic heterocycles. The zero-order valence-corrected chi connectivity index (χ0v) is 12.0. The molecule has 19 heavy (non-hydrogen) atoms. The van der Waals surface area contributed by atoms with E-state index in [9.17, 15) is 4.39 Å². The fourth-order valence-electron chi connectivity index (χ4n) is 3.00. The molecule has 0 aromatic heterocycles. The molecule has 0 bridgehead atoms. The minimum atomic E-state index is -0.102. The molecule has 1 aromatic rings. The van der Waals surface area contributed by atoms with Crippen molar-refractivity contribution in [2.45, 2.75) is 45.6 Å². The molecule has 2 atom stereocenters. The van der Waals surface area contributed by atoms with Crippen molar-refractivity contribution in [2.75, 3.05) is 18.0 Å². The van der Waals surface area contributed by atoms with Gasteiger partial charge in [-0.25, -0.2) is 4.39 Å². The molecule has 0 amide bonds. The smallest absolute Gasteiger partial charge is 0.146 e. The number of benzene rings is 1. The lowest BCUT2D eigenvalue weighted by atomic mass is 10.0. The normalized spacial score (nSPS) is 20.8. The third kappa shape index (κ3) is 3.69. The molecule has 1 heterocycles. The minimum Gasteiger partial charge on any atom is -0.369 e. The summed E-state index contributed by atoms with van der Waals surface area (Å²) < 4.78 is 14.2. The number of halogens is 1. The summed E-state index contributed by atoms with van der Waals surface area (Å²) >= 11 is 0. The van der Waals surface area contributed by atoms with Crippen LogP contribution in [-0.4, -0.2) is 19.1 Å². The zero-order valence-electron chi connectivity index (χ0n) is 12.0. The molecule has 2 unspecified atom stereocenters. The van der Waals surface area contributed by atoms with Crippen LogP contribution in [0.2, 0.25) is 0 Å². The number of hydrogen-bond acceptors (Lipinski definition) is 2. The third-order valence-electron chi connectivity index (χ3n) is 3.89. The van der Waals surface area contributed by atoms with Crippen LogP contribution in [0.5, 0.6) is 0 Å². The molecule has 0 radical (unpaired) electrons. The van der Waals surface area contributed by atoms with Gasteiger partial charge in [0.1, 0.15) is 5.82 Å². The Morgan fingerprint density at radius 2 is 2.26 bits per heavy atom. The molecular formula is C16H25FN2. The highest BCUT2D eigenvalue weighted by Crippen LogP contribution is 2.29. The van der Waals surface area contributed by atoms with Gasteiger partial charge in [-0.3, -0.25) is 0 Å². The van der Waals surface area contributed by atoms with Crippen LogP contribution in [0.25, 0.3) is 0 Å². The van der Waals surface area contributed by atoms with Crippen molar-refractivity contribution in [3.8, 4) is 0 Å². The fourth-order valence-corrected chi connectivity index (χ4v) is 3.00. The van der Waals surface area contributed by atoms with Crippen LogP contribution in [0, 0.1) is 11.7 Å². The summed E-state index contributed by atoms with van der Waals surface area (Å²) in [4.78, 5) is 2.19. The summed E-state index contributed by atoms with van der Waals surface area (Å²) in [6, 6.07) is 5.65. The summed E-state index contributed by atoms with van der Waals surface area (Å²) in [5, 5.41) is 0. The predicted molar refractivity (Wildman–Crippen MR) is 79.0 cm³/mol. The summed E-state index contributed by atoms with van der Waals surface area (Å²) in [6.45, 7) is 6.14.